The van der Waals surface area contributed by atoms with Crippen LogP contribution in [0.3, 0.4) is 0 Å². The van der Waals surface area contributed by atoms with Gasteiger partial charge < -0.3 is 14.8 Å². The van der Waals surface area contributed by atoms with Gasteiger partial charge in [0.1, 0.15) is 5.70 Å². The minimum atomic E-state index is -0.532. The molecule has 2 N–H and O–H groups in total. The van der Waals surface area contributed by atoms with Crippen molar-refractivity contribution in [1.82, 2.24) is 10.6 Å². The standard InChI is InChI=1S/C12H11BrN2O4/c1-18-9-5-6(3-7(13)10(9)19-2)4-8-11(16)15-12(17)14-8/h3-5H,1-2H3,(H2,14,15,16,17)/b8-4-. The number of halogens is 1. The van der Waals surface area contributed by atoms with Gasteiger partial charge in [0.2, 0.25) is 0 Å². The second-order valence-corrected chi connectivity index (χ2v) is 4.56. The predicted molar refractivity (Wildman–Crippen MR) is 71.9 cm³/mol. The molecular formula is C12H11BrN2O4. The number of imide groups is 1. The number of hydrogen-bond donors (Lipinski definition) is 2. The van der Waals surface area contributed by atoms with E-state index in [1.807, 2.05) is 0 Å². The highest BCUT2D eigenvalue weighted by atomic mass is 79.9. The largest absolute Gasteiger partial charge is 0.493 e. The van der Waals surface area contributed by atoms with Crippen molar-refractivity contribution in [2.75, 3.05) is 14.2 Å². The van der Waals surface area contributed by atoms with Crippen LogP contribution in [-0.4, -0.2) is 26.2 Å². The van der Waals surface area contributed by atoms with E-state index < -0.39 is 11.9 Å². The van der Waals surface area contributed by atoms with Gasteiger partial charge in [-0.1, -0.05) is 0 Å². The molecule has 0 unspecified atom stereocenters. The monoisotopic (exact) mass is 326 g/mol. The lowest BCUT2D eigenvalue weighted by molar-refractivity contribution is -0.115. The van der Waals surface area contributed by atoms with Crippen LogP contribution in [0.4, 0.5) is 4.79 Å². The molecule has 100 valence electrons. The fraction of sp³-hybridized carbons (Fsp3) is 0.167. The van der Waals surface area contributed by atoms with E-state index in [-0.39, 0.29) is 5.70 Å². The normalized spacial score (nSPS) is 16.3. The maximum atomic E-state index is 11.4. The molecule has 7 heteroatoms. The highest BCUT2D eigenvalue weighted by Crippen LogP contribution is 2.36. The zero-order chi connectivity index (χ0) is 14.0. The molecule has 2 rings (SSSR count). The summed E-state index contributed by atoms with van der Waals surface area (Å²) in [5.74, 6) is 0.619. The number of amides is 3. The smallest absolute Gasteiger partial charge is 0.326 e. The van der Waals surface area contributed by atoms with E-state index in [0.717, 1.165) is 0 Å². The van der Waals surface area contributed by atoms with Crippen LogP contribution in [0.2, 0.25) is 0 Å². The minimum absolute atomic E-state index is 0.184. The third-order valence-corrected chi connectivity index (χ3v) is 3.08. The number of nitrogens with one attached hydrogen (secondary N) is 2. The van der Waals surface area contributed by atoms with Crippen molar-refractivity contribution in [2.45, 2.75) is 0 Å². The van der Waals surface area contributed by atoms with Crippen LogP contribution in [0.15, 0.2) is 22.3 Å². The average Bonchev–Trinajstić information content (AvgIpc) is 2.67. The molecule has 0 saturated carbocycles. The molecule has 0 radical (unpaired) electrons. The first kappa shape index (κ1) is 13.4. The molecule has 0 aliphatic carbocycles. The SMILES string of the molecule is COc1cc(/C=C2\NC(=O)NC2=O)cc(Br)c1OC. The second kappa shape index (κ2) is 5.31. The first-order chi connectivity index (χ1) is 9.05. The molecule has 0 atom stereocenters. The Kier molecular flexibility index (Phi) is 3.75. The van der Waals surface area contributed by atoms with E-state index in [2.05, 4.69) is 26.6 Å². The maximum Gasteiger partial charge on any atom is 0.326 e. The summed E-state index contributed by atoms with van der Waals surface area (Å²) in [6, 6.07) is 2.93. The third-order valence-electron chi connectivity index (χ3n) is 2.49. The van der Waals surface area contributed by atoms with Gasteiger partial charge in [0, 0.05) is 0 Å². The lowest BCUT2D eigenvalue weighted by Gasteiger charge is -2.10. The van der Waals surface area contributed by atoms with E-state index in [1.54, 1.807) is 18.2 Å². The molecule has 1 aliphatic rings. The van der Waals surface area contributed by atoms with Gasteiger partial charge in [0.05, 0.1) is 18.7 Å². The van der Waals surface area contributed by atoms with Gasteiger partial charge in [-0.25, -0.2) is 4.79 Å². The van der Waals surface area contributed by atoms with Gasteiger partial charge in [-0.05, 0) is 39.7 Å². The van der Waals surface area contributed by atoms with Crippen molar-refractivity contribution < 1.29 is 19.1 Å². The van der Waals surface area contributed by atoms with Crippen LogP contribution >= 0.6 is 15.9 Å². The zero-order valence-corrected chi connectivity index (χ0v) is 11.8. The van der Waals surface area contributed by atoms with Crippen molar-refractivity contribution in [3.63, 3.8) is 0 Å². The number of ether oxygens (including phenoxy) is 2. The summed E-state index contributed by atoms with van der Waals surface area (Å²) in [5.41, 5.74) is 0.876. The van der Waals surface area contributed by atoms with Gasteiger partial charge in [-0.2, -0.15) is 0 Å². The molecule has 1 aliphatic heterocycles. The van der Waals surface area contributed by atoms with Crippen LogP contribution in [0.5, 0.6) is 11.5 Å². The zero-order valence-electron chi connectivity index (χ0n) is 10.2. The molecule has 0 spiro atoms. The van der Waals surface area contributed by atoms with Crippen LogP contribution in [0.1, 0.15) is 5.56 Å². The summed E-state index contributed by atoms with van der Waals surface area (Å²) in [6.45, 7) is 0. The number of benzene rings is 1. The first-order valence-corrected chi connectivity index (χ1v) is 6.10. The van der Waals surface area contributed by atoms with Crippen LogP contribution in [-0.2, 0) is 4.79 Å². The Morgan fingerprint density at radius 2 is 1.89 bits per heavy atom. The lowest BCUT2D eigenvalue weighted by atomic mass is 10.1. The number of carbonyl (C=O) groups excluding carboxylic acids is 2. The van der Waals surface area contributed by atoms with E-state index in [1.165, 1.54) is 14.2 Å². The van der Waals surface area contributed by atoms with Crippen LogP contribution < -0.4 is 20.1 Å². The maximum absolute atomic E-state index is 11.4. The summed E-state index contributed by atoms with van der Waals surface area (Å²) >= 11 is 3.35. The summed E-state index contributed by atoms with van der Waals surface area (Å²) in [5, 5.41) is 4.54. The second-order valence-electron chi connectivity index (χ2n) is 3.70. The third kappa shape index (κ3) is 2.70. The van der Waals surface area contributed by atoms with Crippen molar-refractivity contribution in [1.29, 1.82) is 0 Å². The average molecular weight is 327 g/mol. The van der Waals surface area contributed by atoms with E-state index in [4.69, 9.17) is 9.47 Å². The number of hydrogen-bond acceptors (Lipinski definition) is 4. The Labute approximate surface area is 117 Å². The highest BCUT2D eigenvalue weighted by molar-refractivity contribution is 9.10. The molecule has 1 saturated heterocycles. The highest BCUT2D eigenvalue weighted by Gasteiger charge is 2.23. The van der Waals surface area contributed by atoms with Crippen molar-refractivity contribution in [3.8, 4) is 11.5 Å². The first-order valence-electron chi connectivity index (χ1n) is 5.30. The van der Waals surface area contributed by atoms with E-state index in [0.29, 0.717) is 21.5 Å². The fourth-order valence-electron chi connectivity index (χ4n) is 1.67. The quantitative estimate of drug-likeness (QED) is 0.654. The topological polar surface area (TPSA) is 76.7 Å². The summed E-state index contributed by atoms with van der Waals surface area (Å²) < 4.78 is 11.1. The lowest BCUT2D eigenvalue weighted by Crippen LogP contribution is -2.22. The number of rotatable bonds is 3. The minimum Gasteiger partial charge on any atom is -0.493 e. The molecule has 1 fully saturated rings. The predicted octanol–water partition coefficient (Wildman–Crippen LogP) is 1.65. The molecule has 1 aromatic carbocycles. The molecule has 0 aromatic heterocycles. The van der Waals surface area contributed by atoms with Gasteiger partial charge in [-0.15, -0.1) is 0 Å². The van der Waals surface area contributed by atoms with Crippen molar-refractivity contribution in [3.05, 3.63) is 27.9 Å². The Hall–Kier alpha value is -2.02. The molecule has 1 aromatic rings. The molecule has 6 nitrogen and oxygen atoms in total. The molecule has 19 heavy (non-hydrogen) atoms. The molecule has 3 amide bonds. The van der Waals surface area contributed by atoms with Crippen molar-refractivity contribution in [2.24, 2.45) is 0 Å². The van der Waals surface area contributed by atoms with Gasteiger partial charge in [0.15, 0.2) is 11.5 Å². The van der Waals surface area contributed by atoms with Gasteiger partial charge in [-0.3, -0.25) is 10.1 Å². The Morgan fingerprint density at radius 3 is 2.42 bits per heavy atom. The number of carbonyl (C=O) groups is 2. The summed E-state index contributed by atoms with van der Waals surface area (Å²) in [4.78, 5) is 22.4. The van der Waals surface area contributed by atoms with Gasteiger partial charge in [0.25, 0.3) is 5.91 Å². The fourth-order valence-corrected chi connectivity index (χ4v) is 2.29. The van der Waals surface area contributed by atoms with Crippen LogP contribution in [0.25, 0.3) is 6.08 Å². The number of urea groups is 1. The van der Waals surface area contributed by atoms with E-state index >= 15 is 0 Å². The molecule has 0 bridgehead atoms. The van der Waals surface area contributed by atoms with Gasteiger partial charge >= 0.3 is 6.03 Å². The number of methoxy groups -OCH3 is 2. The van der Waals surface area contributed by atoms with Crippen molar-refractivity contribution >= 4 is 33.9 Å². The summed E-state index contributed by atoms with van der Waals surface area (Å²) in [6.07, 6.45) is 1.55. The Bertz CT molecular complexity index is 583. The molecule has 1 heterocycles. The Balaban J connectivity index is 2.42. The van der Waals surface area contributed by atoms with Crippen LogP contribution in [0, 0.1) is 0 Å². The summed E-state index contributed by atoms with van der Waals surface area (Å²) in [7, 11) is 3.05. The van der Waals surface area contributed by atoms with E-state index in [9.17, 15) is 9.59 Å². The Morgan fingerprint density at radius 1 is 1.16 bits per heavy atom. The molecular weight excluding hydrogens is 316 g/mol.